The highest BCUT2D eigenvalue weighted by Crippen LogP contribution is 2.30. The Balaban J connectivity index is 1.43. The zero-order chi connectivity index (χ0) is 23.3. The summed E-state index contributed by atoms with van der Waals surface area (Å²) >= 11 is 0. The second-order valence-electron chi connectivity index (χ2n) is 8.77. The Kier molecular flexibility index (Phi) is 6.46. The van der Waals surface area contributed by atoms with Crippen molar-refractivity contribution in [2.24, 2.45) is 0 Å². The second-order valence-corrected chi connectivity index (χ2v) is 8.77. The lowest BCUT2D eigenvalue weighted by atomic mass is 9.96. The molecule has 1 fully saturated rings. The van der Waals surface area contributed by atoms with Gasteiger partial charge in [0.15, 0.2) is 0 Å². The summed E-state index contributed by atoms with van der Waals surface area (Å²) in [5.41, 5.74) is 4.07. The molecule has 1 aliphatic rings. The second kappa shape index (κ2) is 9.99. The third-order valence-electron chi connectivity index (χ3n) is 6.54. The number of H-pyrrole nitrogens is 1. The maximum absolute atomic E-state index is 13.3. The highest BCUT2D eigenvalue weighted by molar-refractivity contribution is 5.80. The number of benzene rings is 2. The van der Waals surface area contributed by atoms with E-state index < -0.39 is 0 Å². The molecule has 34 heavy (non-hydrogen) atoms. The fourth-order valence-electron chi connectivity index (χ4n) is 4.73. The highest BCUT2D eigenvalue weighted by atomic mass is 16.2. The van der Waals surface area contributed by atoms with E-state index in [-0.39, 0.29) is 11.7 Å². The monoisotopic (exact) mass is 455 g/mol. The van der Waals surface area contributed by atoms with E-state index in [4.69, 9.17) is 5.10 Å². The topological polar surface area (TPSA) is 94.3 Å². The lowest BCUT2D eigenvalue weighted by molar-refractivity contribution is 0.320. The Morgan fingerprint density at radius 2 is 1.79 bits per heavy atom. The van der Waals surface area contributed by atoms with Crippen LogP contribution in [0, 0.1) is 0 Å². The van der Waals surface area contributed by atoms with Crippen LogP contribution in [-0.4, -0.2) is 35.0 Å². The summed E-state index contributed by atoms with van der Waals surface area (Å²) in [6.07, 6.45) is 10.4. The number of nitrogens with zero attached hydrogens (tertiary/aromatic N) is 6. The Morgan fingerprint density at radius 1 is 1.03 bits per heavy atom. The molecule has 8 nitrogen and oxygen atoms in total. The van der Waals surface area contributed by atoms with Crippen molar-refractivity contribution in [2.75, 3.05) is 0 Å². The molecule has 8 heteroatoms. The molecule has 0 aliphatic heterocycles. The fourth-order valence-corrected chi connectivity index (χ4v) is 4.73. The third kappa shape index (κ3) is 4.48. The summed E-state index contributed by atoms with van der Waals surface area (Å²) in [5.74, 6) is 1.38. The summed E-state index contributed by atoms with van der Waals surface area (Å²) < 4.78 is 3.57. The fraction of sp³-hybridized carbons (Fsp3) is 0.346. The Hall–Kier alpha value is -3.81. The standard InChI is InChI=1S/C26H29N7O/c1-2-3-13-24-29-33(21-9-5-4-6-10-21)26(34)32(24)18-19-14-16-20(17-15-19)22-11-7-8-12-23(22)25-27-30-31-28-25/h2-3,7-8,11-12,14-17,21H,4-6,9-10,13,18H2,1H3,(H,27,28,30,31). The van der Waals surface area contributed by atoms with Gasteiger partial charge < -0.3 is 0 Å². The maximum atomic E-state index is 13.3. The molecule has 174 valence electrons. The van der Waals surface area contributed by atoms with Crippen LogP contribution in [0.1, 0.15) is 56.5 Å². The predicted molar refractivity (Wildman–Crippen MR) is 131 cm³/mol. The number of aromatic nitrogens is 7. The first-order valence-corrected chi connectivity index (χ1v) is 12.0. The van der Waals surface area contributed by atoms with Gasteiger partial charge in [0.1, 0.15) is 5.82 Å². The van der Waals surface area contributed by atoms with Crippen molar-refractivity contribution in [2.45, 2.75) is 58.0 Å². The lowest BCUT2D eigenvalue weighted by Crippen LogP contribution is -2.29. The van der Waals surface area contributed by atoms with Gasteiger partial charge in [-0.1, -0.05) is 79.9 Å². The van der Waals surface area contributed by atoms with Crippen molar-refractivity contribution < 1.29 is 0 Å². The summed E-state index contributed by atoms with van der Waals surface area (Å²) in [7, 11) is 0. The van der Waals surface area contributed by atoms with E-state index in [0.29, 0.717) is 18.8 Å². The molecular weight excluding hydrogens is 426 g/mol. The number of tetrazole rings is 1. The van der Waals surface area contributed by atoms with Crippen molar-refractivity contribution in [1.82, 2.24) is 35.0 Å². The van der Waals surface area contributed by atoms with E-state index in [0.717, 1.165) is 40.9 Å². The largest absolute Gasteiger partial charge is 0.346 e. The SMILES string of the molecule is CC=CCc1nn(C2CCCCC2)c(=O)n1Cc1ccc(-c2ccccc2-c2nn[nH]n2)cc1. The van der Waals surface area contributed by atoms with Gasteiger partial charge in [0, 0.05) is 12.0 Å². The van der Waals surface area contributed by atoms with Gasteiger partial charge in [0.05, 0.1) is 12.6 Å². The first kappa shape index (κ1) is 22.0. The van der Waals surface area contributed by atoms with Crippen LogP contribution in [0.2, 0.25) is 0 Å². The first-order chi connectivity index (χ1) is 16.7. The Labute approximate surface area is 198 Å². The van der Waals surface area contributed by atoms with Crippen LogP contribution in [0.4, 0.5) is 0 Å². The third-order valence-corrected chi connectivity index (χ3v) is 6.54. The van der Waals surface area contributed by atoms with Crippen LogP contribution >= 0.6 is 0 Å². The van der Waals surface area contributed by atoms with E-state index in [1.165, 1.54) is 19.3 Å². The van der Waals surface area contributed by atoms with Crippen molar-refractivity contribution >= 4 is 0 Å². The molecule has 4 aromatic rings. The van der Waals surface area contributed by atoms with Crippen LogP contribution in [0.25, 0.3) is 22.5 Å². The molecule has 0 radical (unpaired) electrons. The smallest absolute Gasteiger partial charge is 0.274 e. The summed E-state index contributed by atoms with van der Waals surface area (Å²) in [5, 5.41) is 19.2. The van der Waals surface area contributed by atoms with Crippen molar-refractivity contribution in [3.63, 3.8) is 0 Å². The summed E-state index contributed by atoms with van der Waals surface area (Å²) in [4.78, 5) is 13.3. The van der Waals surface area contributed by atoms with E-state index in [9.17, 15) is 4.79 Å². The molecule has 2 heterocycles. The Bertz CT molecular complexity index is 1310. The normalized spacial score (nSPS) is 14.7. The molecule has 0 spiro atoms. The molecule has 2 aromatic carbocycles. The predicted octanol–water partition coefficient (Wildman–Crippen LogP) is 4.56. The van der Waals surface area contributed by atoms with Gasteiger partial charge in [0.2, 0.25) is 5.82 Å². The molecule has 0 saturated heterocycles. The van der Waals surface area contributed by atoms with Crippen LogP contribution in [0.5, 0.6) is 0 Å². The molecule has 1 aliphatic carbocycles. The minimum absolute atomic E-state index is 0.00192. The molecule has 0 bridgehead atoms. The quantitative estimate of drug-likeness (QED) is 0.412. The number of aromatic amines is 1. The van der Waals surface area contributed by atoms with Crippen LogP contribution in [0.15, 0.2) is 65.5 Å². The van der Waals surface area contributed by atoms with Gasteiger partial charge in [-0.25, -0.2) is 9.48 Å². The van der Waals surface area contributed by atoms with Gasteiger partial charge in [0.25, 0.3) is 0 Å². The van der Waals surface area contributed by atoms with E-state index in [1.807, 2.05) is 35.8 Å². The van der Waals surface area contributed by atoms with E-state index in [2.05, 4.69) is 57.0 Å². The molecule has 5 rings (SSSR count). The highest BCUT2D eigenvalue weighted by Gasteiger charge is 2.22. The van der Waals surface area contributed by atoms with E-state index in [1.54, 1.807) is 4.68 Å². The Morgan fingerprint density at radius 3 is 2.50 bits per heavy atom. The lowest BCUT2D eigenvalue weighted by Gasteiger charge is -2.20. The minimum Gasteiger partial charge on any atom is -0.274 e. The minimum atomic E-state index is -0.00192. The number of hydrogen-bond donors (Lipinski definition) is 1. The molecule has 1 saturated carbocycles. The number of allylic oxidation sites excluding steroid dienone is 2. The van der Waals surface area contributed by atoms with Crippen LogP contribution in [0.3, 0.4) is 0 Å². The summed E-state index contributed by atoms with van der Waals surface area (Å²) in [6, 6.07) is 16.5. The summed E-state index contributed by atoms with van der Waals surface area (Å²) in [6.45, 7) is 2.50. The zero-order valence-electron chi connectivity index (χ0n) is 19.4. The average Bonchev–Trinajstić information content (AvgIpc) is 3.53. The van der Waals surface area contributed by atoms with Crippen molar-refractivity contribution in [3.05, 3.63) is 82.6 Å². The molecule has 0 amide bonds. The molecule has 1 N–H and O–H groups in total. The molecule has 2 aromatic heterocycles. The molecular formula is C26H29N7O. The molecule has 0 atom stereocenters. The van der Waals surface area contributed by atoms with Crippen LogP contribution in [-0.2, 0) is 13.0 Å². The average molecular weight is 456 g/mol. The number of rotatable bonds is 7. The van der Waals surface area contributed by atoms with E-state index >= 15 is 0 Å². The van der Waals surface area contributed by atoms with Gasteiger partial charge in [-0.3, -0.25) is 4.57 Å². The van der Waals surface area contributed by atoms with Crippen molar-refractivity contribution in [3.8, 4) is 22.5 Å². The maximum Gasteiger partial charge on any atom is 0.346 e. The van der Waals surface area contributed by atoms with Gasteiger partial charge in [-0.2, -0.15) is 10.3 Å². The van der Waals surface area contributed by atoms with Crippen molar-refractivity contribution in [1.29, 1.82) is 0 Å². The van der Waals surface area contributed by atoms with Gasteiger partial charge >= 0.3 is 5.69 Å². The van der Waals surface area contributed by atoms with Crippen LogP contribution < -0.4 is 5.69 Å². The first-order valence-electron chi connectivity index (χ1n) is 12.0. The zero-order valence-corrected chi connectivity index (χ0v) is 19.4. The number of nitrogens with one attached hydrogen (secondary N) is 1. The van der Waals surface area contributed by atoms with Gasteiger partial charge in [-0.15, -0.1) is 10.2 Å². The number of hydrogen-bond acceptors (Lipinski definition) is 5. The van der Waals surface area contributed by atoms with Gasteiger partial charge in [-0.05, 0) is 41.7 Å². The molecule has 0 unspecified atom stereocenters.